The molecule has 2 aromatic carbocycles. The number of hydrogen-bond donors (Lipinski definition) is 2. The van der Waals surface area contributed by atoms with Crippen molar-refractivity contribution in [3.63, 3.8) is 0 Å². The number of carbonyl (C=O) groups excluding carboxylic acids is 1. The lowest BCUT2D eigenvalue weighted by molar-refractivity contribution is 0.102. The molecule has 1 heterocycles. The molecule has 0 aliphatic rings. The summed E-state index contributed by atoms with van der Waals surface area (Å²) in [5, 5.41) is 9.83. The van der Waals surface area contributed by atoms with Crippen molar-refractivity contribution in [3.05, 3.63) is 65.5 Å². The van der Waals surface area contributed by atoms with Crippen LogP contribution >= 0.6 is 11.3 Å². The second kappa shape index (κ2) is 7.18. The average molecular weight is 392 g/mol. The summed E-state index contributed by atoms with van der Waals surface area (Å²) in [5.41, 5.74) is 1.61. The number of nitrogens with one attached hydrogen (secondary N) is 2. The maximum Gasteiger partial charge on any atom is 0.291 e. The van der Waals surface area contributed by atoms with E-state index in [0.29, 0.717) is 16.9 Å². The van der Waals surface area contributed by atoms with E-state index < -0.39 is 21.7 Å². The Labute approximate surface area is 153 Å². The molecule has 0 atom stereocenters. The van der Waals surface area contributed by atoms with Gasteiger partial charge in [0.05, 0.1) is 0 Å². The van der Waals surface area contributed by atoms with Crippen molar-refractivity contribution < 1.29 is 17.6 Å². The molecule has 2 N–H and O–H groups in total. The zero-order valence-electron chi connectivity index (χ0n) is 13.4. The first-order valence-electron chi connectivity index (χ1n) is 7.33. The highest BCUT2D eigenvalue weighted by Gasteiger charge is 2.21. The Morgan fingerprint density at radius 2 is 1.69 bits per heavy atom. The number of halogens is 1. The molecule has 26 heavy (non-hydrogen) atoms. The highest BCUT2D eigenvalue weighted by atomic mass is 32.2. The molecule has 3 aromatic rings. The molecule has 0 fully saturated rings. The van der Waals surface area contributed by atoms with E-state index >= 15 is 0 Å². The minimum Gasteiger partial charge on any atom is -0.296 e. The predicted octanol–water partition coefficient (Wildman–Crippen LogP) is 3.04. The topological polar surface area (TPSA) is 101 Å². The lowest BCUT2D eigenvalue weighted by Crippen LogP contribution is -2.12. The Morgan fingerprint density at radius 1 is 1.04 bits per heavy atom. The van der Waals surface area contributed by atoms with Crippen molar-refractivity contribution in [2.24, 2.45) is 0 Å². The number of nitrogens with zero attached hydrogens (tertiary/aromatic N) is 2. The van der Waals surface area contributed by atoms with Crippen LogP contribution in [0.4, 0.5) is 15.2 Å². The van der Waals surface area contributed by atoms with Gasteiger partial charge in [0.1, 0.15) is 5.82 Å². The third kappa shape index (κ3) is 4.21. The van der Waals surface area contributed by atoms with Crippen LogP contribution in [-0.4, -0.2) is 24.5 Å². The van der Waals surface area contributed by atoms with Crippen molar-refractivity contribution in [2.75, 3.05) is 10.0 Å². The van der Waals surface area contributed by atoms with Gasteiger partial charge in [0, 0.05) is 11.3 Å². The zero-order valence-corrected chi connectivity index (χ0v) is 15.1. The van der Waals surface area contributed by atoms with Crippen LogP contribution in [0.5, 0.6) is 0 Å². The second-order valence-electron chi connectivity index (χ2n) is 5.31. The fourth-order valence-corrected chi connectivity index (χ4v) is 3.91. The van der Waals surface area contributed by atoms with Gasteiger partial charge in [-0.3, -0.25) is 14.8 Å². The SMILES string of the molecule is Cc1ccc(C(=O)Nc2nnc(S(=O)(=O)Nc3ccc(F)cc3)s2)cc1. The molecule has 3 rings (SSSR count). The molecule has 7 nitrogen and oxygen atoms in total. The van der Waals surface area contributed by atoms with E-state index in [4.69, 9.17) is 0 Å². The summed E-state index contributed by atoms with van der Waals surface area (Å²) in [5.74, 6) is -0.901. The van der Waals surface area contributed by atoms with Gasteiger partial charge in [0.2, 0.25) is 5.13 Å². The average Bonchev–Trinajstić information content (AvgIpc) is 3.07. The molecule has 10 heteroatoms. The summed E-state index contributed by atoms with van der Waals surface area (Å²) in [6.07, 6.45) is 0. The Balaban J connectivity index is 1.73. The first-order chi connectivity index (χ1) is 12.3. The summed E-state index contributed by atoms with van der Waals surface area (Å²) in [7, 11) is -3.99. The maximum absolute atomic E-state index is 12.9. The molecule has 0 aliphatic heterocycles. The predicted molar refractivity (Wildman–Crippen MR) is 96.2 cm³/mol. The largest absolute Gasteiger partial charge is 0.296 e. The molecule has 0 unspecified atom stereocenters. The van der Waals surface area contributed by atoms with E-state index in [9.17, 15) is 17.6 Å². The van der Waals surface area contributed by atoms with Crippen molar-refractivity contribution in [1.29, 1.82) is 0 Å². The summed E-state index contributed by atoms with van der Waals surface area (Å²) in [6, 6.07) is 11.7. The summed E-state index contributed by atoms with van der Waals surface area (Å²) in [6.45, 7) is 1.90. The van der Waals surface area contributed by atoms with Crippen molar-refractivity contribution in [2.45, 2.75) is 11.3 Å². The van der Waals surface area contributed by atoms with Gasteiger partial charge in [-0.1, -0.05) is 29.0 Å². The van der Waals surface area contributed by atoms with Crippen molar-refractivity contribution in [3.8, 4) is 0 Å². The molecular formula is C16H13FN4O3S2. The normalized spacial score (nSPS) is 11.2. The minimum atomic E-state index is -3.99. The number of anilines is 2. The van der Waals surface area contributed by atoms with E-state index in [2.05, 4.69) is 20.2 Å². The number of rotatable bonds is 5. The Kier molecular flexibility index (Phi) is 4.96. The molecule has 0 bridgehead atoms. The summed E-state index contributed by atoms with van der Waals surface area (Å²) >= 11 is 0.710. The smallest absolute Gasteiger partial charge is 0.291 e. The molecule has 0 radical (unpaired) electrons. The van der Waals surface area contributed by atoms with Crippen LogP contribution in [0.15, 0.2) is 52.9 Å². The lowest BCUT2D eigenvalue weighted by atomic mass is 10.1. The molecule has 1 amide bonds. The fraction of sp³-hybridized carbons (Fsp3) is 0.0625. The van der Waals surface area contributed by atoms with Crippen LogP contribution < -0.4 is 10.0 Å². The Morgan fingerprint density at radius 3 is 2.35 bits per heavy atom. The Bertz CT molecular complexity index is 1030. The van der Waals surface area contributed by atoms with Crippen LogP contribution in [0.2, 0.25) is 0 Å². The summed E-state index contributed by atoms with van der Waals surface area (Å²) < 4.78 is 39.4. The van der Waals surface area contributed by atoms with Crippen LogP contribution in [0.1, 0.15) is 15.9 Å². The third-order valence-corrected chi connectivity index (χ3v) is 5.85. The number of aryl methyl sites for hydroxylation is 1. The monoisotopic (exact) mass is 392 g/mol. The van der Waals surface area contributed by atoms with E-state index in [-0.39, 0.29) is 15.2 Å². The molecule has 0 aliphatic carbocycles. The second-order valence-corrected chi connectivity index (χ2v) is 8.14. The molecule has 0 spiro atoms. The van der Waals surface area contributed by atoms with Gasteiger partial charge >= 0.3 is 0 Å². The van der Waals surface area contributed by atoms with E-state index in [1.807, 2.05) is 6.92 Å². The fourth-order valence-electron chi connectivity index (χ4n) is 1.96. The number of aromatic nitrogens is 2. The standard InChI is InChI=1S/C16H13FN4O3S2/c1-10-2-4-11(5-3-10)14(22)18-15-19-20-16(25-15)26(23,24)21-13-8-6-12(17)7-9-13/h2-9,21H,1H3,(H,18,19,22). The maximum atomic E-state index is 12.9. The highest BCUT2D eigenvalue weighted by Crippen LogP contribution is 2.23. The van der Waals surface area contributed by atoms with Gasteiger partial charge in [-0.15, -0.1) is 10.2 Å². The van der Waals surface area contributed by atoms with E-state index in [0.717, 1.165) is 17.7 Å². The van der Waals surface area contributed by atoms with Gasteiger partial charge < -0.3 is 0 Å². The van der Waals surface area contributed by atoms with Crippen LogP contribution in [0, 0.1) is 12.7 Å². The number of amides is 1. The van der Waals surface area contributed by atoms with Crippen LogP contribution in [-0.2, 0) is 10.0 Å². The van der Waals surface area contributed by atoms with Gasteiger partial charge in [0.15, 0.2) is 0 Å². The first kappa shape index (κ1) is 18.0. The van der Waals surface area contributed by atoms with E-state index in [1.165, 1.54) is 12.1 Å². The van der Waals surface area contributed by atoms with Crippen LogP contribution in [0.25, 0.3) is 0 Å². The zero-order chi connectivity index (χ0) is 18.7. The third-order valence-electron chi connectivity index (χ3n) is 3.27. The van der Waals surface area contributed by atoms with Crippen LogP contribution in [0.3, 0.4) is 0 Å². The molecule has 0 saturated heterocycles. The van der Waals surface area contributed by atoms with E-state index in [1.54, 1.807) is 24.3 Å². The lowest BCUT2D eigenvalue weighted by Gasteiger charge is -2.04. The van der Waals surface area contributed by atoms with Gasteiger partial charge in [-0.2, -0.15) is 8.42 Å². The van der Waals surface area contributed by atoms with Gasteiger partial charge in [0.25, 0.3) is 20.3 Å². The number of sulfonamides is 1. The first-order valence-corrected chi connectivity index (χ1v) is 9.63. The van der Waals surface area contributed by atoms with Gasteiger partial charge in [-0.05, 0) is 43.3 Å². The number of hydrogen-bond acceptors (Lipinski definition) is 6. The van der Waals surface area contributed by atoms with Gasteiger partial charge in [-0.25, -0.2) is 4.39 Å². The molecule has 1 aromatic heterocycles. The molecular weight excluding hydrogens is 379 g/mol. The number of carbonyl (C=O) groups is 1. The Hall–Kier alpha value is -2.85. The minimum absolute atomic E-state index is 0.0510. The quantitative estimate of drug-likeness (QED) is 0.650. The van der Waals surface area contributed by atoms with Crippen molar-refractivity contribution >= 4 is 38.1 Å². The van der Waals surface area contributed by atoms with Crippen molar-refractivity contribution in [1.82, 2.24) is 10.2 Å². The summed E-state index contributed by atoms with van der Waals surface area (Å²) in [4.78, 5) is 12.1. The molecule has 0 saturated carbocycles. The highest BCUT2D eigenvalue weighted by molar-refractivity contribution is 7.94. The number of benzene rings is 2. The molecule has 134 valence electrons.